The first-order valence-electron chi connectivity index (χ1n) is 12.0. The summed E-state index contributed by atoms with van der Waals surface area (Å²) in [6.07, 6.45) is 0.898. The molecule has 2 aliphatic rings. The number of carbonyl (C=O) groups excluding carboxylic acids is 1. The van der Waals surface area contributed by atoms with E-state index in [2.05, 4.69) is 11.8 Å². The highest BCUT2D eigenvalue weighted by molar-refractivity contribution is 5.99. The minimum Gasteiger partial charge on any atom is -0.494 e. The summed E-state index contributed by atoms with van der Waals surface area (Å²) in [4.78, 5) is 31.4. The summed E-state index contributed by atoms with van der Waals surface area (Å²) >= 11 is 0. The Balaban J connectivity index is 1.59. The lowest BCUT2D eigenvalue weighted by atomic mass is 9.98. The molecule has 7 nitrogen and oxygen atoms in total. The van der Waals surface area contributed by atoms with Gasteiger partial charge in [0.05, 0.1) is 36.8 Å². The molecule has 0 saturated carbocycles. The molecule has 1 aromatic heterocycles. The summed E-state index contributed by atoms with van der Waals surface area (Å²) in [6, 6.07) is 12.7. The van der Waals surface area contributed by atoms with Crippen LogP contribution in [-0.4, -0.2) is 61.7 Å². The Morgan fingerprint density at radius 1 is 1.06 bits per heavy atom. The molecular formula is C27H30N2O5. The second-order valence-electron chi connectivity index (χ2n) is 8.95. The van der Waals surface area contributed by atoms with Gasteiger partial charge >= 0.3 is 0 Å². The number of rotatable bonds is 7. The lowest BCUT2D eigenvalue weighted by Gasteiger charge is -2.31. The van der Waals surface area contributed by atoms with E-state index in [1.54, 1.807) is 11.0 Å². The van der Waals surface area contributed by atoms with E-state index in [0.717, 1.165) is 36.4 Å². The average molecular weight is 463 g/mol. The molecule has 1 fully saturated rings. The van der Waals surface area contributed by atoms with Gasteiger partial charge in [-0.25, -0.2) is 0 Å². The Hall–Kier alpha value is -3.16. The third-order valence-corrected chi connectivity index (χ3v) is 6.53. The molecular weight excluding hydrogens is 432 g/mol. The number of benzene rings is 2. The van der Waals surface area contributed by atoms with E-state index >= 15 is 0 Å². The highest BCUT2D eigenvalue weighted by atomic mass is 16.5. The third-order valence-electron chi connectivity index (χ3n) is 6.53. The van der Waals surface area contributed by atoms with Gasteiger partial charge in [0.25, 0.3) is 5.91 Å². The molecule has 1 saturated heterocycles. The molecule has 0 unspecified atom stereocenters. The summed E-state index contributed by atoms with van der Waals surface area (Å²) in [6.45, 7) is 8.86. The van der Waals surface area contributed by atoms with Gasteiger partial charge in [-0.15, -0.1) is 0 Å². The molecule has 3 heterocycles. The molecule has 0 aliphatic carbocycles. The lowest BCUT2D eigenvalue weighted by molar-refractivity contribution is 0.0314. The van der Waals surface area contributed by atoms with Gasteiger partial charge in [-0.2, -0.15) is 0 Å². The van der Waals surface area contributed by atoms with Crippen molar-refractivity contribution in [2.45, 2.75) is 26.3 Å². The van der Waals surface area contributed by atoms with E-state index in [1.807, 2.05) is 43.3 Å². The minimum absolute atomic E-state index is 0.146. The smallest absolute Gasteiger partial charge is 0.290 e. The van der Waals surface area contributed by atoms with Crippen molar-refractivity contribution in [1.82, 2.24) is 9.80 Å². The molecule has 3 aromatic rings. The van der Waals surface area contributed by atoms with Crippen molar-refractivity contribution < 1.29 is 18.7 Å². The second kappa shape index (κ2) is 9.60. The van der Waals surface area contributed by atoms with Crippen LogP contribution >= 0.6 is 0 Å². The molecule has 2 aliphatic heterocycles. The van der Waals surface area contributed by atoms with Crippen LogP contribution in [0.1, 0.15) is 46.6 Å². The van der Waals surface area contributed by atoms with Crippen molar-refractivity contribution in [1.29, 1.82) is 0 Å². The van der Waals surface area contributed by atoms with Crippen molar-refractivity contribution in [2.75, 3.05) is 46.0 Å². The quantitative estimate of drug-likeness (QED) is 0.532. The Kier molecular flexibility index (Phi) is 6.39. The molecule has 0 N–H and O–H groups in total. The highest BCUT2D eigenvalue weighted by Crippen LogP contribution is 2.39. The Bertz CT molecular complexity index is 1260. The maximum Gasteiger partial charge on any atom is 0.290 e. The molecule has 34 heavy (non-hydrogen) atoms. The van der Waals surface area contributed by atoms with Crippen LogP contribution in [0.25, 0.3) is 11.0 Å². The van der Waals surface area contributed by atoms with E-state index in [4.69, 9.17) is 13.9 Å². The van der Waals surface area contributed by atoms with E-state index in [0.29, 0.717) is 49.4 Å². The van der Waals surface area contributed by atoms with Gasteiger partial charge in [0, 0.05) is 26.2 Å². The molecule has 0 radical (unpaired) electrons. The monoisotopic (exact) mass is 462 g/mol. The van der Waals surface area contributed by atoms with Gasteiger partial charge in [-0.05, 0) is 43.2 Å². The summed E-state index contributed by atoms with van der Waals surface area (Å²) in [5, 5.41) is 0.505. The third kappa shape index (κ3) is 4.21. The molecule has 0 spiro atoms. The van der Waals surface area contributed by atoms with E-state index in [-0.39, 0.29) is 17.1 Å². The van der Waals surface area contributed by atoms with Crippen molar-refractivity contribution in [3.05, 3.63) is 75.1 Å². The first-order chi connectivity index (χ1) is 16.6. The van der Waals surface area contributed by atoms with Crippen LogP contribution in [0.4, 0.5) is 0 Å². The van der Waals surface area contributed by atoms with Gasteiger partial charge in [0.1, 0.15) is 11.3 Å². The number of nitrogens with zero attached hydrogens (tertiary/aromatic N) is 2. The van der Waals surface area contributed by atoms with E-state index < -0.39 is 6.04 Å². The predicted molar refractivity (Wildman–Crippen MR) is 130 cm³/mol. The van der Waals surface area contributed by atoms with Crippen molar-refractivity contribution >= 4 is 16.9 Å². The number of carbonyl (C=O) groups is 1. The number of hydrogen-bond acceptors (Lipinski definition) is 6. The second-order valence-corrected chi connectivity index (χ2v) is 8.95. The number of hydrogen-bond donors (Lipinski definition) is 0. The molecule has 5 rings (SSSR count). The number of morpholine rings is 1. The highest BCUT2D eigenvalue weighted by Gasteiger charge is 2.42. The molecule has 1 atom stereocenters. The number of fused-ring (bicyclic) bond motifs is 2. The molecule has 7 heteroatoms. The van der Waals surface area contributed by atoms with Crippen LogP contribution in [0.2, 0.25) is 0 Å². The van der Waals surface area contributed by atoms with Crippen molar-refractivity contribution in [3.63, 3.8) is 0 Å². The zero-order valence-electron chi connectivity index (χ0n) is 19.7. The largest absolute Gasteiger partial charge is 0.494 e. The standard InChI is InChI=1S/C27H30N2O5/c1-3-13-33-20-6-4-5-19(17-20)24-23-25(30)21-16-18(2)7-8-22(21)34-26(23)27(31)29(24)10-9-28-11-14-32-15-12-28/h4-8,16-17,24H,3,9-15H2,1-2H3/t24-/m1/s1. The predicted octanol–water partition coefficient (Wildman–Crippen LogP) is 3.77. The molecule has 178 valence electrons. The number of amides is 1. The first kappa shape index (κ1) is 22.6. The van der Waals surface area contributed by atoms with E-state index in [1.165, 1.54) is 0 Å². The van der Waals surface area contributed by atoms with Crippen LogP contribution in [0.5, 0.6) is 5.75 Å². The van der Waals surface area contributed by atoms with Crippen LogP contribution in [0.15, 0.2) is 51.7 Å². The van der Waals surface area contributed by atoms with Gasteiger partial charge < -0.3 is 18.8 Å². The number of aryl methyl sites for hydroxylation is 1. The van der Waals surface area contributed by atoms with Gasteiger partial charge in [-0.1, -0.05) is 30.7 Å². The Morgan fingerprint density at radius 3 is 2.68 bits per heavy atom. The van der Waals surface area contributed by atoms with Crippen LogP contribution < -0.4 is 10.2 Å². The summed E-state index contributed by atoms with van der Waals surface area (Å²) in [7, 11) is 0. The fourth-order valence-corrected chi connectivity index (χ4v) is 4.78. The van der Waals surface area contributed by atoms with E-state index in [9.17, 15) is 9.59 Å². The molecule has 1 amide bonds. The SMILES string of the molecule is CCCOc1cccc([C@@H]2c3c(oc4ccc(C)cc4c3=O)C(=O)N2CCN2CCOCC2)c1. The number of ether oxygens (including phenoxy) is 2. The summed E-state index contributed by atoms with van der Waals surface area (Å²) in [5.41, 5.74) is 2.53. The van der Waals surface area contributed by atoms with Gasteiger partial charge in [0.2, 0.25) is 5.76 Å². The summed E-state index contributed by atoms with van der Waals surface area (Å²) < 4.78 is 17.4. The Labute approximate surface area is 198 Å². The zero-order valence-corrected chi connectivity index (χ0v) is 19.7. The maximum atomic E-state index is 13.7. The molecule has 0 bridgehead atoms. The topological polar surface area (TPSA) is 72.2 Å². The maximum absolute atomic E-state index is 13.7. The van der Waals surface area contributed by atoms with Crippen LogP contribution in [-0.2, 0) is 4.74 Å². The van der Waals surface area contributed by atoms with Gasteiger partial charge in [-0.3, -0.25) is 14.5 Å². The van der Waals surface area contributed by atoms with Gasteiger partial charge in [0.15, 0.2) is 5.43 Å². The fraction of sp³-hybridized carbons (Fsp3) is 0.407. The van der Waals surface area contributed by atoms with Crippen LogP contribution in [0.3, 0.4) is 0 Å². The minimum atomic E-state index is -0.519. The summed E-state index contributed by atoms with van der Waals surface area (Å²) in [5.74, 6) is 0.635. The Morgan fingerprint density at radius 2 is 1.88 bits per heavy atom. The zero-order chi connectivity index (χ0) is 23.7. The lowest BCUT2D eigenvalue weighted by Crippen LogP contribution is -2.42. The molecule has 2 aromatic carbocycles. The van der Waals surface area contributed by atoms with Crippen molar-refractivity contribution in [3.8, 4) is 5.75 Å². The van der Waals surface area contributed by atoms with Crippen molar-refractivity contribution in [2.24, 2.45) is 0 Å². The van der Waals surface area contributed by atoms with Crippen LogP contribution in [0, 0.1) is 6.92 Å². The first-order valence-corrected chi connectivity index (χ1v) is 12.0. The fourth-order valence-electron chi connectivity index (χ4n) is 4.78. The normalized spacial score (nSPS) is 18.5. The average Bonchev–Trinajstić information content (AvgIpc) is 3.14.